The molecular weight excluding hydrogens is 392 g/mol. The Balaban J connectivity index is 1.51. The summed E-state index contributed by atoms with van der Waals surface area (Å²) in [4.78, 5) is 30.6. The number of anilines is 2. The summed E-state index contributed by atoms with van der Waals surface area (Å²) in [6.45, 7) is 9.78. The lowest BCUT2D eigenvalue weighted by molar-refractivity contribution is -0.127. The summed E-state index contributed by atoms with van der Waals surface area (Å²) >= 11 is 0. The van der Waals surface area contributed by atoms with Crippen LogP contribution in [0, 0.1) is 0 Å². The first kappa shape index (κ1) is 22.2. The molecule has 0 radical (unpaired) electrons. The molecule has 2 fully saturated rings. The Kier molecular flexibility index (Phi) is 6.37. The molecule has 1 aliphatic carbocycles. The highest BCUT2D eigenvalue weighted by molar-refractivity contribution is 6.15. The van der Waals surface area contributed by atoms with Gasteiger partial charge in [-0.3, -0.25) is 19.4 Å². The Bertz CT molecular complexity index is 813. The Labute approximate surface area is 185 Å². The second kappa shape index (κ2) is 8.88. The first-order chi connectivity index (χ1) is 14.8. The van der Waals surface area contributed by atoms with E-state index >= 15 is 0 Å². The fourth-order valence-electron chi connectivity index (χ4n) is 5.32. The highest BCUT2D eigenvalue weighted by Crippen LogP contribution is 2.37. The third-order valence-electron chi connectivity index (χ3n) is 7.30. The molecule has 7 heteroatoms. The van der Waals surface area contributed by atoms with E-state index < -0.39 is 11.6 Å². The van der Waals surface area contributed by atoms with Gasteiger partial charge in [0.15, 0.2) is 0 Å². The van der Waals surface area contributed by atoms with Gasteiger partial charge in [0.05, 0.1) is 30.6 Å². The number of nitrogens with one attached hydrogen (secondary N) is 2. The van der Waals surface area contributed by atoms with Crippen LogP contribution in [0.2, 0.25) is 0 Å². The van der Waals surface area contributed by atoms with Crippen LogP contribution in [0.5, 0.6) is 0 Å². The zero-order valence-electron chi connectivity index (χ0n) is 19.1. The average molecular weight is 429 g/mol. The fourth-order valence-corrected chi connectivity index (χ4v) is 5.32. The lowest BCUT2D eigenvalue weighted by atomic mass is 9.79. The van der Waals surface area contributed by atoms with Gasteiger partial charge in [-0.1, -0.05) is 31.4 Å². The molecule has 7 nitrogen and oxygen atoms in total. The van der Waals surface area contributed by atoms with Gasteiger partial charge in [-0.25, -0.2) is 0 Å². The summed E-state index contributed by atoms with van der Waals surface area (Å²) < 4.78 is 5.58. The van der Waals surface area contributed by atoms with E-state index in [2.05, 4.69) is 15.5 Å². The number of hydrogen-bond acceptors (Lipinski definition) is 5. The molecule has 0 aromatic heterocycles. The van der Waals surface area contributed by atoms with Gasteiger partial charge in [0.25, 0.3) is 0 Å². The lowest BCUT2D eigenvalue weighted by Crippen LogP contribution is -2.64. The molecular formula is C24H36N4O3. The first-order valence-electron chi connectivity index (χ1n) is 11.7. The third-order valence-corrected chi connectivity index (χ3v) is 7.30. The van der Waals surface area contributed by atoms with E-state index in [1.165, 1.54) is 19.3 Å². The van der Waals surface area contributed by atoms with Gasteiger partial charge in [-0.05, 0) is 45.7 Å². The van der Waals surface area contributed by atoms with E-state index in [4.69, 9.17) is 4.74 Å². The van der Waals surface area contributed by atoms with Gasteiger partial charge in [-0.15, -0.1) is 0 Å². The minimum absolute atomic E-state index is 0.0692. The maximum atomic E-state index is 13.6. The SMILES string of the molecule is CC(NCC1(N2CCOCC2)CCCCC1)C(=O)N1c2ccccc2NC(=O)C1(C)C. The number of benzene rings is 1. The number of hydrogen-bond donors (Lipinski definition) is 2. The van der Waals surface area contributed by atoms with E-state index in [0.717, 1.165) is 51.4 Å². The smallest absolute Gasteiger partial charge is 0.250 e. The van der Waals surface area contributed by atoms with Crippen LogP contribution in [0.1, 0.15) is 52.9 Å². The number of ether oxygens (including phenoxy) is 1. The predicted molar refractivity (Wildman–Crippen MR) is 122 cm³/mol. The first-order valence-corrected chi connectivity index (χ1v) is 11.7. The summed E-state index contributed by atoms with van der Waals surface area (Å²) in [5, 5.41) is 6.50. The predicted octanol–water partition coefficient (Wildman–Crippen LogP) is 2.76. The summed E-state index contributed by atoms with van der Waals surface area (Å²) in [5.74, 6) is -0.232. The molecule has 0 spiro atoms. The number of nitrogens with zero attached hydrogens (tertiary/aromatic N) is 2. The van der Waals surface area contributed by atoms with Crippen LogP contribution in [0.4, 0.5) is 11.4 Å². The molecule has 2 aliphatic heterocycles. The number of carbonyl (C=O) groups is 2. The molecule has 0 bridgehead atoms. The normalized spacial score (nSPS) is 24.2. The number of morpholine rings is 1. The van der Waals surface area contributed by atoms with Crippen molar-refractivity contribution in [3.05, 3.63) is 24.3 Å². The molecule has 31 heavy (non-hydrogen) atoms. The van der Waals surface area contributed by atoms with Crippen LogP contribution in [-0.2, 0) is 14.3 Å². The summed E-state index contributed by atoms with van der Waals surface area (Å²) in [7, 11) is 0. The van der Waals surface area contributed by atoms with E-state index in [9.17, 15) is 9.59 Å². The van der Waals surface area contributed by atoms with E-state index in [1.54, 1.807) is 18.7 Å². The van der Waals surface area contributed by atoms with E-state index in [-0.39, 0.29) is 17.4 Å². The van der Waals surface area contributed by atoms with Gasteiger partial charge < -0.3 is 15.4 Å². The van der Waals surface area contributed by atoms with Crippen molar-refractivity contribution in [3.8, 4) is 0 Å². The standard InChI is InChI=1S/C24H36N4O3/c1-18(25-17-24(11-7-4-8-12-24)27-13-15-31-16-14-27)21(29)28-20-10-6-5-9-19(20)26-22(30)23(28,2)3/h5-6,9-10,18,25H,4,7-8,11-17H2,1-3H3,(H,26,30). The van der Waals surface area contributed by atoms with Crippen LogP contribution in [0.15, 0.2) is 24.3 Å². The van der Waals surface area contributed by atoms with E-state index in [1.807, 2.05) is 31.2 Å². The van der Waals surface area contributed by atoms with Crippen molar-refractivity contribution in [3.63, 3.8) is 0 Å². The molecule has 1 aromatic rings. The molecule has 1 aromatic carbocycles. The lowest BCUT2D eigenvalue weighted by Gasteiger charge is -2.49. The molecule has 170 valence electrons. The monoisotopic (exact) mass is 428 g/mol. The van der Waals surface area contributed by atoms with Crippen molar-refractivity contribution in [2.75, 3.05) is 43.1 Å². The highest BCUT2D eigenvalue weighted by atomic mass is 16.5. The van der Waals surface area contributed by atoms with Gasteiger partial charge in [-0.2, -0.15) is 0 Å². The van der Waals surface area contributed by atoms with Crippen molar-refractivity contribution >= 4 is 23.2 Å². The molecule has 2 amide bonds. The topological polar surface area (TPSA) is 73.9 Å². The fraction of sp³-hybridized carbons (Fsp3) is 0.667. The third kappa shape index (κ3) is 4.23. The Hall–Kier alpha value is -1.96. The Morgan fingerprint density at radius 3 is 2.55 bits per heavy atom. The minimum Gasteiger partial charge on any atom is -0.379 e. The summed E-state index contributed by atoms with van der Waals surface area (Å²) in [5.41, 5.74) is 0.577. The average Bonchev–Trinajstić information content (AvgIpc) is 2.79. The number of rotatable bonds is 5. The molecule has 1 unspecified atom stereocenters. The highest BCUT2D eigenvalue weighted by Gasteiger charge is 2.45. The van der Waals surface area contributed by atoms with Crippen molar-refractivity contribution in [2.24, 2.45) is 0 Å². The van der Waals surface area contributed by atoms with Crippen molar-refractivity contribution < 1.29 is 14.3 Å². The second-order valence-electron chi connectivity index (χ2n) is 9.69. The molecule has 3 aliphatic rings. The molecule has 2 N–H and O–H groups in total. The number of para-hydroxylation sites is 2. The maximum Gasteiger partial charge on any atom is 0.250 e. The Morgan fingerprint density at radius 1 is 1.16 bits per heavy atom. The van der Waals surface area contributed by atoms with Crippen LogP contribution in [-0.4, -0.2) is 66.7 Å². The second-order valence-corrected chi connectivity index (χ2v) is 9.69. The van der Waals surface area contributed by atoms with Crippen molar-refractivity contribution in [1.29, 1.82) is 0 Å². The van der Waals surface area contributed by atoms with Crippen molar-refractivity contribution in [2.45, 2.75) is 70.0 Å². The quantitative estimate of drug-likeness (QED) is 0.754. The maximum absolute atomic E-state index is 13.6. The van der Waals surface area contributed by atoms with Crippen LogP contribution >= 0.6 is 0 Å². The number of amides is 2. The van der Waals surface area contributed by atoms with Crippen LogP contribution in [0.25, 0.3) is 0 Å². The summed E-state index contributed by atoms with van der Waals surface area (Å²) in [6.07, 6.45) is 6.05. The van der Waals surface area contributed by atoms with Crippen LogP contribution in [0.3, 0.4) is 0 Å². The van der Waals surface area contributed by atoms with Gasteiger partial charge >= 0.3 is 0 Å². The van der Waals surface area contributed by atoms with Gasteiger partial charge in [0.2, 0.25) is 11.8 Å². The van der Waals surface area contributed by atoms with Crippen molar-refractivity contribution in [1.82, 2.24) is 10.2 Å². The zero-order valence-corrected chi connectivity index (χ0v) is 19.1. The molecule has 1 saturated heterocycles. The van der Waals surface area contributed by atoms with E-state index in [0.29, 0.717) is 5.69 Å². The molecule has 2 heterocycles. The minimum atomic E-state index is -0.950. The molecule has 4 rings (SSSR count). The van der Waals surface area contributed by atoms with Gasteiger partial charge in [0, 0.05) is 25.2 Å². The zero-order chi connectivity index (χ0) is 22.1. The number of carbonyl (C=O) groups excluding carboxylic acids is 2. The molecule has 1 saturated carbocycles. The Morgan fingerprint density at radius 2 is 1.84 bits per heavy atom. The van der Waals surface area contributed by atoms with Gasteiger partial charge in [0.1, 0.15) is 5.54 Å². The van der Waals surface area contributed by atoms with Crippen LogP contribution < -0.4 is 15.5 Å². The molecule has 1 atom stereocenters. The summed E-state index contributed by atoms with van der Waals surface area (Å²) in [6, 6.07) is 7.13. The largest absolute Gasteiger partial charge is 0.379 e. The number of fused-ring (bicyclic) bond motifs is 1.